The second-order valence-corrected chi connectivity index (χ2v) is 5.20. The summed E-state index contributed by atoms with van der Waals surface area (Å²) < 4.78 is 13.0. The van der Waals surface area contributed by atoms with Crippen LogP contribution in [0.3, 0.4) is 0 Å². The Morgan fingerprint density at radius 1 is 0.857 bits per heavy atom. The molecule has 0 radical (unpaired) electrons. The third kappa shape index (κ3) is 3.61. The van der Waals surface area contributed by atoms with Crippen LogP contribution in [0.25, 0.3) is 0 Å². The zero-order valence-corrected chi connectivity index (χ0v) is 12.8. The number of rotatable bonds is 2. The van der Waals surface area contributed by atoms with Crippen molar-refractivity contribution in [1.82, 2.24) is 0 Å². The van der Waals surface area contributed by atoms with Gasteiger partial charge in [0.25, 0.3) is 0 Å². The molecule has 2 aromatic rings. The highest BCUT2D eigenvalue weighted by Crippen LogP contribution is 2.29. The maximum Gasteiger partial charge on any atom is 0.123 e. The fourth-order valence-electron chi connectivity index (χ4n) is 2.74. The lowest BCUT2D eigenvalue weighted by atomic mass is 9.91. The van der Waals surface area contributed by atoms with Gasteiger partial charge in [0.2, 0.25) is 0 Å². The number of hydrogen-bond donors (Lipinski definition) is 1. The van der Waals surface area contributed by atoms with Gasteiger partial charge in [0.05, 0.1) is 0 Å². The average Bonchev–Trinajstić information content (AvgIpc) is 2.56. The molecule has 3 rings (SSSR count). The van der Waals surface area contributed by atoms with Crippen LogP contribution in [-0.2, 0) is 12.8 Å². The summed E-state index contributed by atoms with van der Waals surface area (Å²) in [5.41, 5.74) is 9.64. The molecule has 0 unspecified atom stereocenters. The quantitative estimate of drug-likeness (QED) is 0.902. The normalized spacial score (nSPS) is 13.0. The molecular weight excluding hydrogens is 263 g/mol. The molecule has 2 N–H and O–H groups in total. The zero-order valence-electron chi connectivity index (χ0n) is 12.8. The van der Waals surface area contributed by atoms with Crippen molar-refractivity contribution in [2.75, 3.05) is 19.0 Å². The molecule has 21 heavy (non-hydrogen) atoms. The number of nitrogens with two attached hydrogens (primary N) is 1. The van der Waals surface area contributed by atoms with Gasteiger partial charge in [-0.2, -0.15) is 0 Å². The van der Waals surface area contributed by atoms with Gasteiger partial charge in [0.15, 0.2) is 0 Å². The van der Waals surface area contributed by atoms with Crippen molar-refractivity contribution in [1.29, 1.82) is 0 Å². The number of benzene rings is 2. The first kappa shape index (κ1) is 15.5. The summed E-state index contributed by atoms with van der Waals surface area (Å²) in [5.74, 6) is -0.192. The van der Waals surface area contributed by atoms with Crippen LogP contribution >= 0.6 is 0 Å². The average molecular weight is 286 g/mol. The largest absolute Gasteiger partial charge is 0.345 e. The topological polar surface area (TPSA) is 29.3 Å². The van der Waals surface area contributed by atoms with Crippen molar-refractivity contribution < 1.29 is 4.39 Å². The number of nitrogens with zero attached hydrogens (tertiary/aromatic N) is 1. The Kier molecular flexibility index (Phi) is 5.34. The molecule has 1 aliphatic carbocycles. The number of hydrogen-bond acceptors (Lipinski definition) is 2. The standard InChI is InChI=1S/C17H18FN.CH5N/c1-19(16-10-7-15(18)8-11-16)17-9-6-13-4-2-3-5-14(13)12-17;1-2/h6-12H,2-5H2,1H3;2H2,1H3. The van der Waals surface area contributed by atoms with Crippen molar-refractivity contribution in [3.63, 3.8) is 0 Å². The van der Waals surface area contributed by atoms with E-state index in [-0.39, 0.29) is 5.82 Å². The predicted molar refractivity (Wildman–Crippen MR) is 87.7 cm³/mol. The lowest BCUT2D eigenvalue weighted by Crippen LogP contribution is -2.11. The van der Waals surface area contributed by atoms with Gasteiger partial charge in [-0.25, -0.2) is 4.39 Å². The summed E-state index contributed by atoms with van der Waals surface area (Å²) in [4.78, 5) is 2.11. The number of fused-ring (bicyclic) bond motifs is 1. The van der Waals surface area contributed by atoms with E-state index in [0.29, 0.717) is 0 Å². The van der Waals surface area contributed by atoms with E-state index < -0.39 is 0 Å². The summed E-state index contributed by atoms with van der Waals surface area (Å²) in [6.45, 7) is 0. The monoisotopic (exact) mass is 286 g/mol. The van der Waals surface area contributed by atoms with E-state index >= 15 is 0 Å². The third-order valence-corrected chi connectivity index (χ3v) is 3.93. The van der Waals surface area contributed by atoms with Crippen LogP contribution < -0.4 is 10.6 Å². The maximum absolute atomic E-state index is 13.0. The Morgan fingerprint density at radius 3 is 2.10 bits per heavy atom. The van der Waals surface area contributed by atoms with Crippen LogP contribution in [0.15, 0.2) is 42.5 Å². The van der Waals surface area contributed by atoms with E-state index in [0.717, 1.165) is 5.69 Å². The van der Waals surface area contributed by atoms with Gasteiger partial charge in [-0.05, 0) is 80.3 Å². The summed E-state index contributed by atoms with van der Waals surface area (Å²) in [5, 5.41) is 0. The molecule has 0 heterocycles. The maximum atomic E-state index is 13.0. The Hall–Kier alpha value is -1.87. The Labute approximate surface area is 126 Å². The van der Waals surface area contributed by atoms with E-state index in [4.69, 9.17) is 0 Å². The van der Waals surface area contributed by atoms with Gasteiger partial charge < -0.3 is 10.6 Å². The zero-order chi connectivity index (χ0) is 15.2. The SMILES string of the molecule is CN.CN(c1ccc(F)cc1)c1ccc2c(c1)CCCC2. The highest BCUT2D eigenvalue weighted by Gasteiger charge is 2.11. The fraction of sp³-hybridized carbons (Fsp3) is 0.333. The number of halogens is 1. The molecule has 3 heteroatoms. The van der Waals surface area contributed by atoms with Crippen molar-refractivity contribution in [2.45, 2.75) is 25.7 Å². The number of aryl methyl sites for hydroxylation is 2. The molecule has 0 saturated heterocycles. The minimum Gasteiger partial charge on any atom is -0.345 e. The molecule has 0 aliphatic heterocycles. The Bertz CT molecular complexity index is 578. The number of anilines is 2. The summed E-state index contributed by atoms with van der Waals surface area (Å²) in [6.07, 6.45) is 4.98. The van der Waals surface area contributed by atoms with E-state index in [9.17, 15) is 4.39 Å². The molecule has 0 spiro atoms. The van der Waals surface area contributed by atoms with Gasteiger partial charge in [0, 0.05) is 18.4 Å². The van der Waals surface area contributed by atoms with Gasteiger partial charge in [-0.3, -0.25) is 0 Å². The van der Waals surface area contributed by atoms with E-state index in [1.807, 2.05) is 19.2 Å². The molecule has 0 aromatic heterocycles. The van der Waals surface area contributed by atoms with Crippen LogP contribution in [-0.4, -0.2) is 14.1 Å². The molecule has 0 atom stereocenters. The Balaban J connectivity index is 0.000000774. The highest BCUT2D eigenvalue weighted by molar-refractivity contribution is 5.63. The summed E-state index contributed by atoms with van der Waals surface area (Å²) >= 11 is 0. The van der Waals surface area contributed by atoms with Crippen molar-refractivity contribution >= 4 is 11.4 Å². The van der Waals surface area contributed by atoms with Crippen LogP contribution in [0.5, 0.6) is 0 Å². The van der Waals surface area contributed by atoms with Crippen molar-refractivity contribution in [2.24, 2.45) is 5.73 Å². The first-order valence-corrected chi connectivity index (χ1v) is 7.43. The van der Waals surface area contributed by atoms with E-state index in [2.05, 4.69) is 28.8 Å². The van der Waals surface area contributed by atoms with Gasteiger partial charge in [0.1, 0.15) is 5.82 Å². The third-order valence-electron chi connectivity index (χ3n) is 3.93. The Morgan fingerprint density at radius 2 is 1.43 bits per heavy atom. The van der Waals surface area contributed by atoms with E-state index in [1.165, 1.54) is 61.7 Å². The lowest BCUT2D eigenvalue weighted by molar-refractivity contribution is 0.628. The van der Waals surface area contributed by atoms with Gasteiger partial charge in [-0.1, -0.05) is 6.07 Å². The molecule has 0 fully saturated rings. The second-order valence-electron chi connectivity index (χ2n) is 5.20. The molecular formula is C18H23FN2. The first-order chi connectivity index (χ1) is 10.2. The smallest absolute Gasteiger partial charge is 0.123 e. The lowest BCUT2D eigenvalue weighted by Gasteiger charge is -2.23. The van der Waals surface area contributed by atoms with Crippen molar-refractivity contribution in [3.8, 4) is 0 Å². The molecule has 0 saturated carbocycles. The van der Waals surface area contributed by atoms with Crippen LogP contribution in [0.2, 0.25) is 0 Å². The molecule has 2 nitrogen and oxygen atoms in total. The molecule has 1 aliphatic rings. The van der Waals surface area contributed by atoms with Crippen molar-refractivity contribution in [3.05, 3.63) is 59.4 Å². The summed E-state index contributed by atoms with van der Waals surface area (Å²) in [6, 6.07) is 13.3. The summed E-state index contributed by atoms with van der Waals surface area (Å²) in [7, 11) is 3.53. The first-order valence-electron chi connectivity index (χ1n) is 7.43. The molecule has 0 amide bonds. The highest BCUT2D eigenvalue weighted by atomic mass is 19.1. The van der Waals surface area contributed by atoms with Crippen LogP contribution in [0.1, 0.15) is 24.0 Å². The minimum atomic E-state index is -0.192. The van der Waals surface area contributed by atoms with Gasteiger partial charge in [-0.15, -0.1) is 0 Å². The van der Waals surface area contributed by atoms with E-state index in [1.54, 1.807) is 0 Å². The molecule has 2 aromatic carbocycles. The van der Waals surface area contributed by atoms with Crippen LogP contribution in [0, 0.1) is 5.82 Å². The van der Waals surface area contributed by atoms with Gasteiger partial charge >= 0.3 is 0 Å². The second kappa shape index (κ2) is 7.23. The fourth-order valence-corrected chi connectivity index (χ4v) is 2.74. The molecule has 0 bridgehead atoms. The van der Waals surface area contributed by atoms with Crippen LogP contribution in [0.4, 0.5) is 15.8 Å². The predicted octanol–water partition coefficient (Wildman–Crippen LogP) is 4.05. The minimum absolute atomic E-state index is 0.192. The molecule has 112 valence electrons.